The van der Waals surface area contributed by atoms with Crippen LogP contribution in [0.3, 0.4) is 0 Å². The summed E-state index contributed by atoms with van der Waals surface area (Å²) >= 11 is 3.34. The van der Waals surface area contributed by atoms with Gasteiger partial charge in [0.1, 0.15) is 0 Å². The standard InChI is InChI=1S/C12H14BrN/c13-9-2-1-3-11-4-6-12(7-5-11)8-10-14/h4-7H,2,8-10,14H2. The lowest BCUT2D eigenvalue weighted by atomic mass is 10.1. The highest BCUT2D eigenvalue weighted by Gasteiger charge is 1.90. The van der Waals surface area contributed by atoms with Crippen molar-refractivity contribution >= 4 is 15.9 Å². The van der Waals surface area contributed by atoms with Crippen LogP contribution in [0.2, 0.25) is 0 Å². The van der Waals surface area contributed by atoms with Crippen LogP contribution in [0.1, 0.15) is 17.5 Å². The van der Waals surface area contributed by atoms with Crippen LogP contribution in [-0.2, 0) is 6.42 Å². The quantitative estimate of drug-likeness (QED) is 0.648. The van der Waals surface area contributed by atoms with Crippen LogP contribution in [-0.4, -0.2) is 11.9 Å². The molecule has 0 spiro atoms. The largest absolute Gasteiger partial charge is 0.330 e. The molecule has 0 aliphatic carbocycles. The van der Waals surface area contributed by atoms with Crippen molar-refractivity contribution < 1.29 is 0 Å². The Hall–Kier alpha value is -0.780. The van der Waals surface area contributed by atoms with E-state index in [4.69, 9.17) is 5.73 Å². The van der Waals surface area contributed by atoms with Crippen LogP contribution < -0.4 is 5.73 Å². The summed E-state index contributed by atoms with van der Waals surface area (Å²) in [7, 11) is 0. The molecule has 0 aliphatic heterocycles. The van der Waals surface area contributed by atoms with Crippen molar-refractivity contribution in [1.82, 2.24) is 0 Å². The van der Waals surface area contributed by atoms with Gasteiger partial charge in [0.2, 0.25) is 0 Å². The predicted molar refractivity (Wildman–Crippen MR) is 64.5 cm³/mol. The van der Waals surface area contributed by atoms with Gasteiger partial charge in [-0.3, -0.25) is 0 Å². The van der Waals surface area contributed by atoms with Gasteiger partial charge in [-0.05, 0) is 30.7 Å². The zero-order valence-electron chi connectivity index (χ0n) is 8.09. The average Bonchev–Trinajstić information content (AvgIpc) is 2.21. The van der Waals surface area contributed by atoms with E-state index in [9.17, 15) is 0 Å². The van der Waals surface area contributed by atoms with Gasteiger partial charge in [0, 0.05) is 17.3 Å². The zero-order chi connectivity index (χ0) is 10.2. The molecule has 0 fully saturated rings. The lowest BCUT2D eigenvalue weighted by molar-refractivity contribution is 0.968. The Kier molecular flexibility index (Phi) is 5.36. The van der Waals surface area contributed by atoms with E-state index in [0.29, 0.717) is 6.54 Å². The Morgan fingerprint density at radius 2 is 1.93 bits per heavy atom. The molecule has 2 N–H and O–H groups in total. The lowest BCUT2D eigenvalue weighted by Gasteiger charge is -1.97. The maximum absolute atomic E-state index is 5.46. The summed E-state index contributed by atoms with van der Waals surface area (Å²) in [5.74, 6) is 6.18. The third kappa shape index (κ3) is 3.95. The van der Waals surface area contributed by atoms with Crippen molar-refractivity contribution in [2.24, 2.45) is 5.73 Å². The van der Waals surface area contributed by atoms with Crippen molar-refractivity contribution in [2.45, 2.75) is 12.8 Å². The number of nitrogens with two attached hydrogens (primary N) is 1. The van der Waals surface area contributed by atoms with E-state index in [1.807, 2.05) is 12.1 Å². The second-order valence-corrected chi connectivity index (χ2v) is 3.77. The summed E-state index contributed by atoms with van der Waals surface area (Å²) in [6.45, 7) is 0.703. The Balaban J connectivity index is 2.60. The van der Waals surface area contributed by atoms with Gasteiger partial charge in [0.15, 0.2) is 0 Å². The highest BCUT2D eigenvalue weighted by atomic mass is 79.9. The van der Waals surface area contributed by atoms with Gasteiger partial charge >= 0.3 is 0 Å². The van der Waals surface area contributed by atoms with E-state index < -0.39 is 0 Å². The Labute approximate surface area is 93.8 Å². The van der Waals surface area contributed by atoms with E-state index >= 15 is 0 Å². The molecule has 0 saturated carbocycles. The molecule has 0 radical (unpaired) electrons. The molecule has 1 rings (SSSR count). The Morgan fingerprint density at radius 1 is 1.21 bits per heavy atom. The lowest BCUT2D eigenvalue weighted by Crippen LogP contribution is -2.02. The molecule has 1 aromatic carbocycles. The van der Waals surface area contributed by atoms with Crippen LogP contribution in [0.25, 0.3) is 0 Å². The highest BCUT2D eigenvalue weighted by Crippen LogP contribution is 2.03. The Morgan fingerprint density at radius 3 is 2.50 bits per heavy atom. The molecule has 0 amide bonds. The molecule has 74 valence electrons. The van der Waals surface area contributed by atoms with E-state index in [1.165, 1.54) is 5.56 Å². The van der Waals surface area contributed by atoms with Gasteiger partial charge in [0.05, 0.1) is 0 Å². The Bertz CT molecular complexity index is 318. The monoisotopic (exact) mass is 251 g/mol. The van der Waals surface area contributed by atoms with E-state index in [0.717, 1.165) is 23.7 Å². The van der Waals surface area contributed by atoms with Gasteiger partial charge in [-0.2, -0.15) is 0 Å². The van der Waals surface area contributed by atoms with Crippen molar-refractivity contribution in [1.29, 1.82) is 0 Å². The maximum Gasteiger partial charge on any atom is 0.0245 e. The van der Waals surface area contributed by atoms with Crippen molar-refractivity contribution in [3.05, 3.63) is 35.4 Å². The number of hydrogen-bond acceptors (Lipinski definition) is 1. The molecular formula is C12H14BrN. The third-order valence-electron chi connectivity index (χ3n) is 1.84. The molecule has 1 nitrogen and oxygen atoms in total. The number of benzene rings is 1. The molecule has 14 heavy (non-hydrogen) atoms. The van der Waals surface area contributed by atoms with Gasteiger partial charge in [-0.1, -0.05) is 39.9 Å². The van der Waals surface area contributed by atoms with E-state index in [-0.39, 0.29) is 0 Å². The van der Waals surface area contributed by atoms with Crippen LogP contribution in [0.4, 0.5) is 0 Å². The van der Waals surface area contributed by atoms with Crippen molar-refractivity contribution in [3.63, 3.8) is 0 Å². The first-order valence-corrected chi connectivity index (χ1v) is 5.83. The first-order valence-electron chi connectivity index (χ1n) is 4.70. The molecule has 0 bridgehead atoms. The highest BCUT2D eigenvalue weighted by molar-refractivity contribution is 9.09. The van der Waals surface area contributed by atoms with Crippen molar-refractivity contribution in [2.75, 3.05) is 11.9 Å². The molecular weight excluding hydrogens is 238 g/mol. The SMILES string of the molecule is NCCc1ccc(C#CCCBr)cc1. The summed E-state index contributed by atoms with van der Waals surface area (Å²) in [4.78, 5) is 0. The summed E-state index contributed by atoms with van der Waals surface area (Å²) < 4.78 is 0. The molecule has 0 aromatic heterocycles. The normalized spacial score (nSPS) is 9.29. The summed E-state index contributed by atoms with van der Waals surface area (Å²) in [6.07, 6.45) is 1.83. The summed E-state index contributed by atoms with van der Waals surface area (Å²) in [5, 5.41) is 0.936. The average molecular weight is 252 g/mol. The fourth-order valence-electron chi connectivity index (χ4n) is 1.13. The first kappa shape index (κ1) is 11.3. The van der Waals surface area contributed by atoms with Gasteiger partial charge in [-0.25, -0.2) is 0 Å². The van der Waals surface area contributed by atoms with Gasteiger partial charge in [-0.15, -0.1) is 0 Å². The number of halogens is 1. The number of hydrogen-bond donors (Lipinski definition) is 1. The smallest absolute Gasteiger partial charge is 0.0245 e. The van der Waals surface area contributed by atoms with Gasteiger partial charge < -0.3 is 5.73 Å². The minimum absolute atomic E-state index is 0.703. The minimum atomic E-state index is 0.703. The predicted octanol–water partition coefficient (Wildman–Crippen LogP) is 2.32. The second-order valence-electron chi connectivity index (χ2n) is 2.98. The zero-order valence-corrected chi connectivity index (χ0v) is 9.68. The van der Waals surface area contributed by atoms with Crippen molar-refractivity contribution in [3.8, 4) is 11.8 Å². The number of rotatable bonds is 3. The number of alkyl halides is 1. The third-order valence-corrected chi connectivity index (χ3v) is 2.24. The minimum Gasteiger partial charge on any atom is -0.330 e. The molecule has 1 aromatic rings. The van der Waals surface area contributed by atoms with Crippen LogP contribution >= 0.6 is 15.9 Å². The summed E-state index contributed by atoms with van der Waals surface area (Å²) in [6, 6.07) is 8.27. The molecule has 0 heterocycles. The second kappa shape index (κ2) is 6.64. The maximum atomic E-state index is 5.46. The van der Waals surface area contributed by atoms with Crippen LogP contribution in [0.15, 0.2) is 24.3 Å². The molecule has 0 atom stereocenters. The molecule has 0 saturated heterocycles. The van der Waals surface area contributed by atoms with Crippen LogP contribution in [0, 0.1) is 11.8 Å². The van der Waals surface area contributed by atoms with Crippen LogP contribution in [0.5, 0.6) is 0 Å². The molecule has 2 heteroatoms. The summed E-state index contributed by atoms with van der Waals surface area (Å²) in [5.41, 5.74) is 7.82. The molecule has 0 aliphatic rings. The van der Waals surface area contributed by atoms with Gasteiger partial charge in [0.25, 0.3) is 0 Å². The van der Waals surface area contributed by atoms with E-state index in [1.54, 1.807) is 0 Å². The first-order chi connectivity index (χ1) is 6.86. The van der Waals surface area contributed by atoms with E-state index in [2.05, 4.69) is 39.9 Å². The fraction of sp³-hybridized carbons (Fsp3) is 0.333. The topological polar surface area (TPSA) is 26.0 Å². The molecule has 0 unspecified atom stereocenters. The fourth-order valence-corrected chi connectivity index (χ4v) is 1.33.